The second kappa shape index (κ2) is 8.32. The topological polar surface area (TPSA) is 55.2 Å². The van der Waals surface area contributed by atoms with Crippen molar-refractivity contribution < 1.29 is 8.42 Å². The fraction of sp³-hybridized carbons (Fsp3) is 0.400. The minimum Gasteiger partial charge on any atom is -0.330 e. The predicted octanol–water partition coefficient (Wildman–Crippen LogP) is 4.20. The SMILES string of the molecule is Cn1c(-c2ccccc2Cl)nc2c1CN(C1CCc3ccc(CS(C)(=O)=O)cc3C1)CC2. The molecule has 5 nitrogen and oxygen atoms in total. The molecule has 7 heteroatoms. The van der Waals surface area contributed by atoms with Crippen molar-refractivity contribution in [3.05, 3.63) is 75.6 Å². The molecular formula is C25H28ClN3O2S. The van der Waals surface area contributed by atoms with Crippen molar-refractivity contribution in [2.24, 2.45) is 7.05 Å². The Labute approximate surface area is 195 Å². The maximum Gasteiger partial charge on any atom is 0.151 e. The number of benzene rings is 2. The van der Waals surface area contributed by atoms with Gasteiger partial charge in [-0.1, -0.05) is 41.9 Å². The lowest BCUT2D eigenvalue weighted by Crippen LogP contribution is -2.42. The average Bonchev–Trinajstić information content (AvgIpc) is 3.08. The van der Waals surface area contributed by atoms with E-state index in [1.54, 1.807) is 0 Å². The average molecular weight is 470 g/mol. The van der Waals surface area contributed by atoms with Crippen LogP contribution in [0.4, 0.5) is 0 Å². The third kappa shape index (κ3) is 4.24. The summed E-state index contributed by atoms with van der Waals surface area (Å²) in [4.78, 5) is 7.51. The highest BCUT2D eigenvalue weighted by molar-refractivity contribution is 7.89. The van der Waals surface area contributed by atoms with Gasteiger partial charge in [-0.05, 0) is 48.1 Å². The Balaban J connectivity index is 1.37. The first kappa shape index (κ1) is 21.7. The standard InChI is InChI=1S/C25H28ClN3O2S/c1-28-24-15-29(12-11-23(24)27-25(28)21-5-3-4-6-22(21)26)20-10-9-18-8-7-17(13-19(18)14-20)16-32(2,30)31/h3-8,13,20H,9-12,14-16H2,1-2H3. The van der Waals surface area contributed by atoms with E-state index in [9.17, 15) is 8.42 Å². The first-order chi connectivity index (χ1) is 15.3. The quantitative estimate of drug-likeness (QED) is 0.574. The lowest BCUT2D eigenvalue weighted by molar-refractivity contribution is 0.158. The number of nitrogens with zero attached hydrogens (tertiary/aromatic N) is 3. The molecule has 3 aromatic rings. The third-order valence-corrected chi connectivity index (χ3v) is 8.01. The number of imidazole rings is 1. The van der Waals surface area contributed by atoms with Crippen LogP contribution in [-0.4, -0.2) is 41.7 Å². The Morgan fingerprint density at radius 3 is 2.72 bits per heavy atom. The molecule has 2 heterocycles. The van der Waals surface area contributed by atoms with Crippen LogP contribution in [0.2, 0.25) is 5.02 Å². The zero-order chi connectivity index (χ0) is 22.5. The van der Waals surface area contributed by atoms with Gasteiger partial charge in [0.15, 0.2) is 9.84 Å². The zero-order valence-corrected chi connectivity index (χ0v) is 20.1. The van der Waals surface area contributed by atoms with Gasteiger partial charge in [-0.25, -0.2) is 13.4 Å². The van der Waals surface area contributed by atoms with Gasteiger partial charge in [0.1, 0.15) is 5.82 Å². The first-order valence-electron chi connectivity index (χ1n) is 11.1. The fourth-order valence-corrected chi connectivity index (χ4v) is 6.20. The highest BCUT2D eigenvalue weighted by Crippen LogP contribution is 2.33. The van der Waals surface area contributed by atoms with Gasteiger partial charge in [-0.15, -0.1) is 0 Å². The number of aromatic nitrogens is 2. The molecule has 2 aromatic carbocycles. The van der Waals surface area contributed by atoms with Crippen LogP contribution in [0.3, 0.4) is 0 Å². The zero-order valence-electron chi connectivity index (χ0n) is 18.5. The molecule has 1 aromatic heterocycles. The Kier molecular flexibility index (Phi) is 5.64. The summed E-state index contributed by atoms with van der Waals surface area (Å²) in [6.07, 6.45) is 5.37. The predicted molar refractivity (Wildman–Crippen MR) is 129 cm³/mol. The Morgan fingerprint density at radius 1 is 1.12 bits per heavy atom. The molecule has 2 aliphatic rings. The van der Waals surface area contributed by atoms with E-state index in [0.29, 0.717) is 6.04 Å². The first-order valence-corrected chi connectivity index (χ1v) is 13.5. The molecule has 1 aliphatic heterocycles. The summed E-state index contributed by atoms with van der Waals surface area (Å²) in [5.74, 6) is 1.04. The summed E-state index contributed by atoms with van der Waals surface area (Å²) in [6, 6.07) is 14.5. The van der Waals surface area contributed by atoms with Crippen LogP contribution in [0.1, 0.15) is 34.5 Å². The van der Waals surface area contributed by atoms with E-state index in [0.717, 1.165) is 60.7 Å². The van der Waals surface area contributed by atoms with Crippen LogP contribution < -0.4 is 0 Å². The van der Waals surface area contributed by atoms with Crippen molar-refractivity contribution in [2.45, 2.75) is 44.0 Å². The van der Waals surface area contributed by atoms with Gasteiger partial charge in [0.05, 0.1) is 22.2 Å². The highest BCUT2D eigenvalue weighted by Gasteiger charge is 2.30. The lowest BCUT2D eigenvalue weighted by Gasteiger charge is -2.37. The summed E-state index contributed by atoms with van der Waals surface area (Å²) < 4.78 is 25.7. The van der Waals surface area contributed by atoms with Crippen molar-refractivity contribution in [3.8, 4) is 11.4 Å². The molecule has 1 atom stereocenters. The Bertz CT molecular complexity index is 1280. The summed E-state index contributed by atoms with van der Waals surface area (Å²) in [6.45, 7) is 1.88. The molecule has 0 amide bonds. The van der Waals surface area contributed by atoms with E-state index in [2.05, 4.69) is 28.6 Å². The number of sulfone groups is 1. The van der Waals surface area contributed by atoms with Crippen molar-refractivity contribution in [2.75, 3.05) is 12.8 Å². The maximum absolute atomic E-state index is 11.7. The van der Waals surface area contributed by atoms with E-state index < -0.39 is 9.84 Å². The molecule has 1 aliphatic carbocycles. The normalized spacial score (nSPS) is 18.9. The van der Waals surface area contributed by atoms with Gasteiger partial charge >= 0.3 is 0 Å². The molecule has 0 radical (unpaired) electrons. The van der Waals surface area contributed by atoms with Gasteiger partial charge in [0.25, 0.3) is 0 Å². The molecule has 168 valence electrons. The molecule has 32 heavy (non-hydrogen) atoms. The van der Waals surface area contributed by atoms with E-state index in [-0.39, 0.29) is 5.75 Å². The molecule has 0 saturated carbocycles. The van der Waals surface area contributed by atoms with Gasteiger partial charge < -0.3 is 4.57 Å². The van der Waals surface area contributed by atoms with Gasteiger partial charge in [0, 0.05) is 44.4 Å². The molecule has 1 unspecified atom stereocenters. The van der Waals surface area contributed by atoms with Crippen LogP contribution in [0.5, 0.6) is 0 Å². The molecule has 0 fully saturated rings. The highest BCUT2D eigenvalue weighted by atomic mass is 35.5. The molecular weight excluding hydrogens is 442 g/mol. The maximum atomic E-state index is 11.7. The van der Waals surface area contributed by atoms with Crippen LogP contribution in [0.25, 0.3) is 11.4 Å². The van der Waals surface area contributed by atoms with Crippen LogP contribution in [0, 0.1) is 0 Å². The molecule has 5 rings (SSSR count). The fourth-order valence-electron chi connectivity index (χ4n) is 5.20. The van der Waals surface area contributed by atoms with Crippen LogP contribution in [0.15, 0.2) is 42.5 Å². The summed E-state index contributed by atoms with van der Waals surface area (Å²) in [5.41, 5.74) is 6.97. The number of hydrogen-bond acceptors (Lipinski definition) is 4. The molecule has 0 bridgehead atoms. The summed E-state index contributed by atoms with van der Waals surface area (Å²) in [5, 5.41) is 0.726. The van der Waals surface area contributed by atoms with Crippen molar-refractivity contribution in [1.82, 2.24) is 14.5 Å². The number of hydrogen-bond donors (Lipinski definition) is 0. The Morgan fingerprint density at radius 2 is 1.94 bits per heavy atom. The number of rotatable bonds is 4. The molecule has 0 spiro atoms. The van der Waals surface area contributed by atoms with Crippen molar-refractivity contribution in [3.63, 3.8) is 0 Å². The second-order valence-electron chi connectivity index (χ2n) is 9.16. The minimum atomic E-state index is -3.03. The number of halogens is 1. The van der Waals surface area contributed by atoms with Crippen molar-refractivity contribution in [1.29, 1.82) is 0 Å². The molecule has 0 saturated heterocycles. The van der Waals surface area contributed by atoms with E-state index >= 15 is 0 Å². The van der Waals surface area contributed by atoms with E-state index in [1.165, 1.54) is 28.8 Å². The van der Waals surface area contributed by atoms with E-state index in [4.69, 9.17) is 16.6 Å². The van der Waals surface area contributed by atoms with Gasteiger partial charge in [0.2, 0.25) is 0 Å². The number of fused-ring (bicyclic) bond motifs is 2. The number of aryl methyl sites for hydroxylation is 1. The summed E-state index contributed by atoms with van der Waals surface area (Å²) in [7, 11) is -0.944. The van der Waals surface area contributed by atoms with Gasteiger partial charge in [-0.3, -0.25) is 4.90 Å². The van der Waals surface area contributed by atoms with Crippen LogP contribution >= 0.6 is 11.6 Å². The Hall–Kier alpha value is -2.15. The molecule has 0 N–H and O–H groups in total. The van der Waals surface area contributed by atoms with Crippen LogP contribution in [-0.2, 0) is 48.4 Å². The minimum absolute atomic E-state index is 0.109. The lowest BCUT2D eigenvalue weighted by atomic mass is 9.86. The largest absolute Gasteiger partial charge is 0.330 e. The van der Waals surface area contributed by atoms with E-state index in [1.807, 2.05) is 30.3 Å². The van der Waals surface area contributed by atoms with Gasteiger partial charge in [-0.2, -0.15) is 0 Å². The monoisotopic (exact) mass is 469 g/mol. The smallest absolute Gasteiger partial charge is 0.151 e. The van der Waals surface area contributed by atoms with Crippen molar-refractivity contribution >= 4 is 21.4 Å². The third-order valence-electron chi connectivity index (χ3n) is 6.82. The summed E-state index contributed by atoms with van der Waals surface area (Å²) >= 11 is 6.44. The second-order valence-corrected chi connectivity index (χ2v) is 11.7.